The maximum atomic E-state index is 13.4. The molecule has 43 heavy (non-hydrogen) atoms. The lowest BCUT2D eigenvalue weighted by atomic mass is 10.0. The molecule has 0 saturated heterocycles. The molecule has 1 heterocycles. The lowest BCUT2D eigenvalue weighted by Gasteiger charge is -2.30. The van der Waals surface area contributed by atoms with Gasteiger partial charge >= 0.3 is 12.3 Å². The van der Waals surface area contributed by atoms with E-state index in [1.807, 2.05) is 5.32 Å². The van der Waals surface area contributed by atoms with Crippen molar-refractivity contribution in [1.29, 1.82) is 0 Å². The van der Waals surface area contributed by atoms with E-state index in [0.717, 1.165) is 13.2 Å². The number of anilines is 2. The number of Topliss-reactive ketones (excluding diaryl/α,β-unsaturated/α-hetero) is 1. The fourth-order valence-corrected chi connectivity index (χ4v) is 4.00. The summed E-state index contributed by atoms with van der Waals surface area (Å²) in [6, 6.07) is 9.19. The van der Waals surface area contributed by atoms with E-state index in [1.165, 1.54) is 12.1 Å². The van der Waals surface area contributed by atoms with Gasteiger partial charge in [0.25, 0.3) is 0 Å². The molecule has 0 aliphatic rings. The number of carbonyl (C=O) groups excluding carboxylic acids is 2. The summed E-state index contributed by atoms with van der Waals surface area (Å²) in [5, 5.41) is 16.8. The van der Waals surface area contributed by atoms with Crippen LogP contribution in [-0.4, -0.2) is 46.4 Å². The van der Waals surface area contributed by atoms with E-state index in [2.05, 4.69) is 52.0 Å². The third kappa shape index (κ3) is 11.4. The quantitative estimate of drug-likeness (QED) is 0.184. The zero-order chi connectivity index (χ0) is 32.8. The van der Waals surface area contributed by atoms with Gasteiger partial charge in [0.2, 0.25) is 5.91 Å². The number of ether oxygens (including phenoxy) is 2. The van der Waals surface area contributed by atoms with E-state index in [9.17, 15) is 27.6 Å². The summed E-state index contributed by atoms with van der Waals surface area (Å²) in [6.07, 6.45) is -7.13. The second kappa shape index (κ2) is 13.7. The predicted octanol–water partition coefficient (Wildman–Crippen LogP) is 7.58. The van der Waals surface area contributed by atoms with Crippen molar-refractivity contribution in [2.75, 3.05) is 17.7 Å². The molecule has 0 radical (unpaired) electrons. The Labute approximate surface area is 247 Å². The summed E-state index contributed by atoms with van der Waals surface area (Å²) in [6.45, 7) is 14.1. The van der Waals surface area contributed by atoms with Crippen molar-refractivity contribution in [3.05, 3.63) is 59.3 Å². The number of rotatable bonds is 7. The van der Waals surface area contributed by atoms with E-state index in [-0.39, 0.29) is 22.5 Å². The van der Waals surface area contributed by atoms with Gasteiger partial charge < -0.3 is 24.4 Å². The number of methoxy groups -OCH3 is 1. The maximum Gasteiger partial charge on any atom is 0.420 e. The highest BCUT2D eigenvalue weighted by Crippen LogP contribution is 2.41. The first kappa shape index (κ1) is 34.8. The van der Waals surface area contributed by atoms with Crippen LogP contribution in [0.3, 0.4) is 0 Å². The number of hydrogen-bond acceptors (Lipinski definition) is 7. The third-order valence-electron chi connectivity index (χ3n) is 5.19. The first-order chi connectivity index (χ1) is 19.7. The van der Waals surface area contributed by atoms with Crippen LogP contribution in [-0.2, 0) is 15.7 Å². The normalized spacial score (nSPS) is 11.7. The van der Waals surface area contributed by atoms with Gasteiger partial charge in [-0.05, 0) is 60.6 Å². The van der Waals surface area contributed by atoms with Crippen molar-refractivity contribution in [3.63, 3.8) is 0 Å². The SMILES string of the molecule is CC(C)(C)OC(C)(C)C.COc1cc(NC(=O)O)c(NC(=O)CC(=O)c2cccc(-c3cc(C)no3)c2)cc1C(F)(F)F. The van der Waals surface area contributed by atoms with Gasteiger partial charge in [0.05, 0.1) is 47.4 Å². The molecule has 0 spiro atoms. The number of carboxylic acid groups (broad SMARTS) is 1. The molecule has 2 amide bonds. The summed E-state index contributed by atoms with van der Waals surface area (Å²) < 4.78 is 55.6. The van der Waals surface area contributed by atoms with Crippen molar-refractivity contribution in [1.82, 2.24) is 5.16 Å². The highest BCUT2D eigenvalue weighted by atomic mass is 19.4. The Morgan fingerprint density at radius 3 is 2.00 bits per heavy atom. The molecule has 0 unspecified atom stereocenters. The summed E-state index contributed by atoms with van der Waals surface area (Å²) in [4.78, 5) is 36.1. The summed E-state index contributed by atoms with van der Waals surface area (Å²) in [7, 11) is 0.986. The van der Waals surface area contributed by atoms with Crippen LogP contribution in [0.4, 0.5) is 29.3 Å². The number of halogens is 3. The van der Waals surface area contributed by atoms with Crippen LogP contribution >= 0.6 is 0 Å². The fraction of sp³-hybridized carbons (Fsp3) is 0.400. The van der Waals surface area contributed by atoms with Crippen LogP contribution in [0.2, 0.25) is 0 Å². The second-order valence-corrected chi connectivity index (χ2v) is 11.4. The van der Waals surface area contributed by atoms with Crippen molar-refractivity contribution < 1.29 is 46.7 Å². The van der Waals surface area contributed by atoms with E-state index in [4.69, 9.17) is 19.1 Å². The Bertz CT molecular complexity index is 1440. The molecule has 0 aliphatic heterocycles. The van der Waals surface area contributed by atoms with Crippen LogP contribution in [0.15, 0.2) is 47.0 Å². The Balaban J connectivity index is 0.000000621. The Morgan fingerprint density at radius 1 is 0.930 bits per heavy atom. The molecule has 10 nitrogen and oxygen atoms in total. The van der Waals surface area contributed by atoms with Crippen LogP contribution in [0.1, 0.15) is 69.6 Å². The Kier molecular flexibility index (Phi) is 11.1. The molecule has 3 aromatic rings. The minimum Gasteiger partial charge on any atom is -0.496 e. The molecule has 3 rings (SSSR count). The molecule has 234 valence electrons. The molecule has 1 aromatic heterocycles. The highest BCUT2D eigenvalue weighted by molar-refractivity contribution is 6.12. The molecule has 0 fully saturated rings. The monoisotopic (exact) mass is 607 g/mol. The van der Waals surface area contributed by atoms with Gasteiger partial charge in [0, 0.05) is 23.3 Å². The number of ketones is 1. The van der Waals surface area contributed by atoms with Crippen LogP contribution in [0.5, 0.6) is 5.75 Å². The fourth-order valence-electron chi connectivity index (χ4n) is 4.00. The number of aryl methyl sites for hydroxylation is 1. The summed E-state index contributed by atoms with van der Waals surface area (Å²) in [5.74, 6) is -1.80. The average molecular weight is 608 g/mol. The topological polar surface area (TPSA) is 140 Å². The Morgan fingerprint density at radius 2 is 1.53 bits per heavy atom. The van der Waals surface area contributed by atoms with Crippen molar-refractivity contribution >= 4 is 29.2 Å². The lowest BCUT2D eigenvalue weighted by Crippen LogP contribution is -2.31. The molecular formula is C30H36F3N3O7. The number of hydrogen-bond donors (Lipinski definition) is 3. The van der Waals surface area contributed by atoms with Gasteiger partial charge in [-0.25, -0.2) is 4.79 Å². The van der Waals surface area contributed by atoms with Crippen molar-refractivity contribution in [2.45, 2.75) is 72.3 Å². The minimum atomic E-state index is -4.85. The molecule has 0 bridgehead atoms. The number of aromatic nitrogens is 1. The lowest BCUT2D eigenvalue weighted by molar-refractivity contribution is -0.138. The third-order valence-corrected chi connectivity index (χ3v) is 5.19. The number of carbonyl (C=O) groups is 3. The van der Waals surface area contributed by atoms with Gasteiger partial charge in [-0.15, -0.1) is 0 Å². The number of nitrogens with zero attached hydrogens (tertiary/aromatic N) is 1. The molecule has 13 heteroatoms. The van der Waals surface area contributed by atoms with Crippen LogP contribution in [0, 0.1) is 6.92 Å². The van der Waals surface area contributed by atoms with Gasteiger partial charge in [0.1, 0.15) is 5.75 Å². The van der Waals surface area contributed by atoms with Crippen LogP contribution in [0.25, 0.3) is 11.3 Å². The van der Waals surface area contributed by atoms with E-state index in [1.54, 1.807) is 25.1 Å². The van der Waals surface area contributed by atoms with Crippen molar-refractivity contribution in [2.24, 2.45) is 0 Å². The maximum absolute atomic E-state index is 13.4. The molecule has 0 aliphatic carbocycles. The van der Waals surface area contributed by atoms with Gasteiger partial charge in [0.15, 0.2) is 11.5 Å². The van der Waals surface area contributed by atoms with E-state index in [0.29, 0.717) is 23.1 Å². The zero-order valence-electron chi connectivity index (χ0n) is 25.2. The second-order valence-electron chi connectivity index (χ2n) is 11.4. The van der Waals surface area contributed by atoms with E-state index < -0.39 is 47.4 Å². The zero-order valence-corrected chi connectivity index (χ0v) is 25.2. The molecule has 2 aromatic carbocycles. The average Bonchev–Trinajstić information content (AvgIpc) is 3.28. The van der Waals surface area contributed by atoms with E-state index >= 15 is 0 Å². The van der Waals surface area contributed by atoms with Crippen molar-refractivity contribution in [3.8, 4) is 17.1 Å². The summed E-state index contributed by atoms with van der Waals surface area (Å²) >= 11 is 0. The standard InChI is InChI=1S/C22H18F3N3O6.C8H18O/c1-11-6-18(34-28-11)13-5-3-4-12(7-13)17(29)10-20(30)26-15-8-14(22(23,24)25)19(33-2)9-16(15)27-21(31)32;1-7(2,3)9-8(4,5)6/h3-9,27H,10H2,1-2H3,(H,26,30)(H,31,32);1-6H3. The summed E-state index contributed by atoms with van der Waals surface area (Å²) in [5.41, 5.74) is -0.769. The van der Waals surface area contributed by atoms with Gasteiger partial charge in [-0.2, -0.15) is 13.2 Å². The predicted molar refractivity (Wildman–Crippen MR) is 154 cm³/mol. The number of nitrogens with one attached hydrogen (secondary N) is 2. The van der Waals surface area contributed by atoms with Gasteiger partial charge in [-0.1, -0.05) is 23.4 Å². The molecule has 0 atom stereocenters. The Hall–Kier alpha value is -4.39. The first-order valence-corrected chi connectivity index (χ1v) is 13.0. The number of amides is 2. The minimum absolute atomic E-state index is 0.0156. The molecule has 0 saturated carbocycles. The number of alkyl halides is 3. The molecule has 3 N–H and O–H groups in total. The first-order valence-electron chi connectivity index (χ1n) is 13.0. The number of benzene rings is 2. The molecular weight excluding hydrogens is 571 g/mol. The van der Waals surface area contributed by atoms with Gasteiger partial charge in [-0.3, -0.25) is 14.9 Å². The largest absolute Gasteiger partial charge is 0.496 e. The van der Waals surface area contributed by atoms with Crippen LogP contribution < -0.4 is 15.4 Å². The highest BCUT2D eigenvalue weighted by Gasteiger charge is 2.36. The smallest absolute Gasteiger partial charge is 0.420 e.